The number of rotatable bonds is 5. The van der Waals surface area contributed by atoms with Crippen molar-refractivity contribution in [3.63, 3.8) is 0 Å². The largest absolute Gasteiger partial charge is 0.355 e. The number of aryl methyl sites for hydroxylation is 2. The summed E-state index contributed by atoms with van der Waals surface area (Å²) in [6, 6.07) is 2.12. The topological polar surface area (TPSA) is 46.9 Å². The lowest BCUT2D eigenvalue weighted by molar-refractivity contribution is -0.126. The van der Waals surface area contributed by atoms with E-state index in [1.54, 1.807) is 0 Å². The summed E-state index contributed by atoms with van der Waals surface area (Å²) in [7, 11) is 0. The van der Waals surface area contributed by atoms with Gasteiger partial charge in [-0.3, -0.25) is 9.48 Å². The highest BCUT2D eigenvalue weighted by Crippen LogP contribution is 2.47. The predicted octanol–water partition coefficient (Wildman–Crippen LogP) is 2.61. The lowest BCUT2D eigenvalue weighted by Gasteiger charge is -2.21. The van der Waals surface area contributed by atoms with E-state index in [9.17, 15) is 4.79 Å². The quantitative estimate of drug-likeness (QED) is 0.850. The highest BCUT2D eigenvalue weighted by atomic mass is 16.1. The normalized spacial score (nSPS) is 30.7. The van der Waals surface area contributed by atoms with Gasteiger partial charge in [-0.05, 0) is 57.4 Å². The molecule has 1 aromatic rings. The molecule has 2 bridgehead atoms. The maximum absolute atomic E-state index is 12.5. The van der Waals surface area contributed by atoms with Crippen LogP contribution in [0.5, 0.6) is 0 Å². The van der Waals surface area contributed by atoms with Gasteiger partial charge in [0, 0.05) is 30.1 Å². The van der Waals surface area contributed by atoms with Gasteiger partial charge in [0.05, 0.1) is 5.69 Å². The van der Waals surface area contributed by atoms with Gasteiger partial charge in [0.1, 0.15) is 0 Å². The number of carbonyl (C=O) groups is 1. The second-order valence-corrected chi connectivity index (χ2v) is 7.69. The first-order valence-electron chi connectivity index (χ1n) is 8.52. The average molecular weight is 299 g/mol. The van der Waals surface area contributed by atoms with E-state index in [0.717, 1.165) is 25.2 Å². The summed E-state index contributed by atoms with van der Waals surface area (Å²) in [6.45, 7) is 5.88. The van der Waals surface area contributed by atoms with E-state index in [4.69, 9.17) is 0 Å². The van der Waals surface area contributed by atoms with Crippen LogP contribution < -0.4 is 5.32 Å². The highest BCUT2D eigenvalue weighted by Gasteiger charge is 2.45. The summed E-state index contributed by atoms with van der Waals surface area (Å²) in [5.74, 6) is 1.65. The van der Waals surface area contributed by atoms with E-state index in [1.807, 2.05) is 6.92 Å². The van der Waals surface area contributed by atoms with E-state index in [1.165, 1.54) is 25.0 Å². The van der Waals surface area contributed by atoms with Gasteiger partial charge in [-0.1, -0.05) is 12.2 Å². The fourth-order valence-electron chi connectivity index (χ4n) is 4.21. The number of nitrogens with one attached hydrogen (secondary N) is 1. The van der Waals surface area contributed by atoms with Crippen LogP contribution in [0.3, 0.4) is 0 Å². The number of fused-ring (bicyclic) bond motifs is 2. The SMILES string of the molecule is Cc1cc(C)n(CC2(CNC(=O)[C@@H]3C[C@@H]4C=C[C@H]3C4)CC2)n1. The Labute approximate surface area is 132 Å². The van der Waals surface area contributed by atoms with E-state index in [0.29, 0.717) is 11.8 Å². The van der Waals surface area contributed by atoms with Gasteiger partial charge >= 0.3 is 0 Å². The van der Waals surface area contributed by atoms with Gasteiger partial charge < -0.3 is 5.32 Å². The Morgan fingerprint density at radius 1 is 1.36 bits per heavy atom. The molecular formula is C18H25N3O. The van der Waals surface area contributed by atoms with Crippen LogP contribution in [0.2, 0.25) is 0 Å². The minimum atomic E-state index is 0.222. The van der Waals surface area contributed by atoms with Crippen molar-refractivity contribution < 1.29 is 4.79 Å². The first-order valence-corrected chi connectivity index (χ1v) is 8.52. The van der Waals surface area contributed by atoms with Gasteiger partial charge in [0.15, 0.2) is 0 Å². The lowest BCUT2D eigenvalue weighted by Crippen LogP contribution is -2.38. The smallest absolute Gasteiger partial charge is 0.223 e. The molecule has 0 spiro atoms. The molecule has 0 radical (unpaired) electrons. The van der Waals surface area contributed by atoms with Gasteiger partial charge in [-0.15, -0.1) is 0 Å². The summed E-state index contributed by atoms with van der Waals surface area (Å²) in [5.41, 5.74) is 2.53. The molecule has 4 rings (SSSR count). The Balaban J connectivity index is 1.34. The minimum absolute atomic E-state index is 0.222. The zero-order chi connectivity index (χ0) is 15.3. The molecule has 0 unspecified atom stereocenters. The maximum Gasteiger partial charge on any atom is 0.223 e. The predicted molar refractivity (Wildman–Crippen MR) is 85.2 cm³/mol. The van der Waals surface area contributed by atoms with Crippen LogP contribution in [0.4, 0.5) is 0 Å². The van der Waals surface area contributed by atoms with Crippen LogP contribution in [-0.2, 0) is 11.3 Å². The van der Waals surface area contributed by atoms with E-state index in [-0.39, 0.29) is 17.2 Å². The minimum Gasteiger partial charge on any atom is -0.355 e. The Kier molecular flexibility index (Phi) is 3.17. The monoisotopic (exact) mass is 299 g/mol. The molecular weight excluding hydrogens is 274 g/mol. The number of amides is 1. The molecule has 2 saturated carbocycles. The molecule has 4 nitrogen and oxygen atoms in total. The molecule has 3 aliphatic rings. The van der Waals surface area contributed by atoms with Crippen molar-refractivity contribution in [1.82, 2.24) is 15.1 Å². The van der Waals surface area contributed by atoms with Crippen molar-refractivity contribution >= 4 is 5.91 Å². The molecule has 1 amide bonds. The van der Waals surface area contributed by atoms with Crippen molar-refractivity contribution in [3.8, 4) is 0 Å². The molecule has 1 heterocycles. The van der Waals surface area contributed by atoms with Crippen LogP contribution >= 0.6 is 0 Å². The molecule has 22 heavy (non-hydrogen) atoms. The van der Waals surface area contributed by atoms with E-state index in [2.05, 4.69) is 40.2 Å². The van der Waals surface area contributed by atoms with Crippen LogP contribution in [-0.4, -0.2) is 22.2 Å². The van der Waals surface area contributed by atoms with Gasteiger partial charge in [0.25, 0.3) is 0 Å². The number of nitrogens with zero attached hydrogens (tertiary/aromatic N) is 2. The van der Waals surface area contributed by atoms with Crippen molar-refractivity contribution in [1.29, 1.82) is 0 Å². The maximum atomic E-state index is 12.5. The zero-order valence-electron chi connectivity index (χ0n) is 13.5. The van der Waals surface area contributed by atoms with Crippen LogP contribution in [0.1, 0.15) is 37.1 Å². The Morgan fingerprint density at radius 3 is 2.73 bits per heavy atom. The van der Waals surface area contributed by atoms with Gasteiger partial charge in [-0.25, -0.2) is 0 Å². The van der Waals surface area contributed by atoms with E-state index < -0.39 is 0 Å². The fraction of sp³-hybridized carbons (Fsp3) is 0.667. The molecule has 0 aliphatic heterocycles. The molecule has 0 saturated heterocycles. The van der Waals surface area contributed by atoms with Crippen molar-refractivity contribution in [3.05, 3.63) is 29.6 Å². The third kappa shape index (κ3) is 2.49. The lowest BCUT2D eigenvalue weighted by atomic mass is 9.92. The van der Waals surface area contributed by atoms with Crippen LogP contribution in [0.25, 0.3) is 0 Å². The summed E-state index contributed by atoms with van der Waals surface area (Å²) in [4.78, 5) is 12.5. The molecule has 3 atom stereocenters. The molecule has 2 fully saturated rings. The highest BCUT2D eigenvalue weighted by molar-refractivity contribution is 5.80. The standard InChI is InChI=1S/C18H25N3O/c1-12-7-13(2)21(20-12)11-18(5-6-18)10-19-17(22)16-9-14-3-4-15(16)8-14/h3-4,7,14-16H,5-6,8-11H2,1-2H3,(H,19,22)/t14-,15+,16-/m1/s1. The average Bonchev–Trinajstić information content (AvgIpc) is 2.84. The summed E-state index contributed by atoms with van der Waals surface area (Å²) >= 11 is 0. The zero-order valence-corrected chi connectivity index (χ0v) is 13.5. The molecule has 118 valence electrons. The first kappa shape index (κ1) is 14.0. The molecule has 3 aliphatic carbocycles. The third-order valence-electron chi connectivity index (χ3n) is 5.80. The number of hydrogen-bond donors (Lipinski definition) is 1. The number of hydrogen-bond acceptors (Lipinski definition) is 2. The third-order valence-corrected chi connectivity index (χ3v) is 5.80. The molecule has 4 heteroatoms. The fourth-order valence-corrected chi connectivity index (χ4v) is 4.21. The molecule has 0 aromatic carbocycles. The van der Waals surface area contributed by atoms with Gasteiger partial charge in [0.2, 0.25) is 5.91 Å². The number of allylic oxidation sites excluding steroid dienone is 2. The Morgan fingerprint density at radius 2 is 2.18 bits per heavy atom. The second kappa shape index (κ2) is 4.97. The number of aromatic nitrogens is 2. The molecule has 1 N–H and O–H groups in total. The first-order chi connectivity index (χ1) is 10.5. The van der Waals surface area contributed by atoms with Crippen molar-refractivity contribution in [2.24, 2.45) is 23.2 Å². The second-order valence-electron chi connectivity index (χ2n) is 7.69. The van der Waals surface area contributed by atoms with Crippen LogP contribution in [0, 0.1) is 37.0 Å². The summed E-state index contributed by atoms with van der Waals surface area (Å²) < 4.78 is 2.11. The van der Waals surface area contributed by atoms with Crippen LogP contribution in [0.15, 0.2) is 18.2 Å². The Bertz CT molecular complexity index is 626. The summed E-state index contributed by atoms with van der Waals surface area (Å²) in [5, 5.41) is 7.81. The number of carbonyl (C=O) groups excluding carboxylic acids is 1. The van der Waals surface area contributed by atoms with Crippen molar-refractivity contribution in [2.75, 3.05) is 6.54 Å². The Hall–Kier alpha value is -1.58. The molecule has 1 aromatic heterocycles. The van der Waals surface area contributed by atoms with Crippen molar-refractivity contribution in [2.45, 2.75) is 46.1 Å². The van der Waals surface area contributed by atoms with E-state index >= 15 is 0 Å². The summed E-state index contributed by atoms with van der Waals surface area (Å²) in [6.07, 6.45) is 9.18. The van der Waals surface area contributed by atoms with Gasteiger partial charge in [-0.2, -0.15) is 5.10 Å².